The van der Waals surface area contributed by atoms with Gasteiger partial charge in [-0.3, -0.25) is 9.00 Å². The van der Waals surface area contributed by atoms with E-state index in [1.165, 1.54) is 0 Å². The molecule has 0 fully saturated rings. The number of nitrogens with one attached hydrogen (secondary N) is 1. The number of anilines is 2. The maximum Gasteiger partial charge on any atom is 0.237 e. The van der Waals surface area contributed by atoms with Crippen LogP contribution >= 0.6 is 27.5 Å². The Morgan fingerprint density at radius 1 is 1.24 bits per heavy atom. The Labute approximate surface area is 138 Å². The molecular formula is C14H12BrClN2O2S. The molecule has 1 amide bonds. The number of hydrogen-bond acceptors (Lipinski definition) is 3. The van der Waals surface area contributed by atoms with Gasteiger partial charge in [0.05, 0.1) is 16.5 Å². The number of nitrogens with two attached hydrogens (primary N) is 1. The molecule has 0 radical (unpaired) electrons. The first-order chi connectivity index (χ1) is 9.95. The van der Waals surface area contributed by atoms with Gasteiger partial charge in [0.25, 0.3) is 0 Å². The smallest absolute Gasteiger partial charge is 0.237 e. The van der Waals surface area contributed by atoms with E-state index in [9.17, 15) is 9.00 Å². The van der Waals surface area contributed by atoms with Gasteiger partial charge in [-0.1, -0.05) is 11.6 Å². The normalized spacial score (nSPS) is 11.9. The van der Waals surface area contributed by atoms with Crippen molar-refractivity contribution in [2.75, 3.05) is 16.8 Å². The van der Waals surface area contributed by atoms with Crippen LogP contribution in [0.4, 0.5) is 11.4 Å². The standard InChI is InChI=1S/C14H12BrClN2O2S/c15-12-7-10(17)3-6-13(12)18-14(19)8-21(20)11-4-1-9(16)2-5-11/h1-7H,8,17H2,(H,18,19). The Kier molecular flexibility index (Phi) is 5.39. The molecule has 2 aromatic rings. The number of benzene rings is 2. The Morgan fingerprint density at radius 2 is 1.90 bits per heavy atom. The SMILES string of the molecule is Nc1ccc(NC(=O)CS(=O)c2ccc(Cl)cc2)c(Br)c1. The Hall–Kier alpha value is -1.37. The monoisotopic (exact) mass is 386 g/mol. The van der Waals surface area contributed by atoms with Crippen LogP contribution in [-0.4, -0.2) is 15.9 Å². The molecule has 7 heteroatoms. The first-order valence-electron chi connectivity index (χ1n) is 5.94. The van der Waals surface area contributed by atoms with E-state index in [0.29, 0.717) is 25.8 Å². The van der Waals surface area contributed by atoms with E-state index < -0.39 is 10.8 Å². The first-order valence-corrected chi connectivity index (χ1v) is 8.43. The van der Waals surface area contributed by atoms with Gasteiger partial charge in [-0.05, 0) is 58.4 Å². The highest BCUT2D eigenvalue weighted by atomic mass is 79.9. The van der Waals surface area contributed by atoms with Gasteiger partial charge in [0.15, 0.2) is 0 Å². The second-order valence-corrected chi connectivity index (χ2v) is 6.97. The molecule has 21 heavy (non-hydrogen) atoms. The van der Waals surface area contributed by atoms with Gasteiger partial charge in [-0.2, -0.15) is 0 Å². The van der Waals surface area contributed by atoms with Crippen molar-refractivity contribution in [1.29, 1.82) is 0 Å². The largest absolute Gasteiger partial charge is 0.399 e. The van der Waals surface area contributed by atoms with Crippen molar-refractivity contribution in [3.05, 3.63) is 52.0 Å². The van der Waals surface area contributed by atoms with Crippen LogP contribution in [0.15, 0.2) is 51.8 Å². The molecule has 4 nitrogen and oxygen atoms in total. The molecule has 0 aliphatic carbocycles. The van der Waals surface area contributed by atoms with Crippen molar-refractivity contribution in [1.82, 2.24) is 0 Å². The predicted molar refractivity (Wildman–Crippen MR) is 89.9 cm³/mol. The van der Waals surface area contributed by atoms with Gasteiger partial charge in [0.2, 0.25) is 5.91 Å². The zero-order chi connectivity index (χ0) is 15.4. The summed E-state index contributed by atoms with van der Waals surface area (Å²) >= 11 is 9.08. The van der Waals surface area contributed by atoms with Crippen molar-refractivity contribution in [3.8, 4) is 0 Å². The molecule has 0 saturated heterocycles. The van der Waals surface area contributed by atoms with Crippen molar-refractivity contribution in [3.63, 3.8) is 0 Å². The van der Waals surface area contributed by atoms with Crippen molar-refractivity contribution >= 4 is 55.6 Å². The van der Waals surface area contributed by atoms with E-state index in [1.807, 2.05) is 0 Å². The molecule has 0 aliphatic heterocycles. The number of rotatable bonds is 4. The molecule has 110 valence electrons. The first kappa shape index (κ1) is 16.0. The highest BCUT2D eigenvalue weighted by Gasteiger charge is 2.12. The number of carbonyl (C=O) groups excluding carboxylic acids is 1. The fourth-order valence-electron chi connectivity index (χ4n) is 1.61. The number of amides is 1. The second-order valence-electron chi connectivity index (χ2n) is 4.23. The summed E-state index contributed by atoms with van der Waals surface area (Å²) in [5, 5.41) is 3.25. The summed E-state index contributed by atoms with van der Waals surface area (Å²) in [6.07, 6.45) is 0. The predicted octanol–water partition coefficient (Wildman–Crippen LogP) is 3.43. The lowest BCUT2D eigenvalue weighted by molar-refractivity contribution is -0.113. The van der Waals surface area contributed by atoms with Gasteiger partial charge in [0, 0.05) is 20.1 Å². The van der Waals surface area contributed by atoms with Crippen molar-refractivity contribution in [2.24, 2.45) is 0 Å². The maximum absolute atomic E-state index is 12.1. The second kappa shape index (κ2) is 7.06. The molecule has 0 aromatic heterocycles. The quantitative estimate of drug-likeness (QED) is 0.789. The molecule has 1 unspecified atom stereocenters. The fourth-order valence-corrected chi connectivity index (χ4v) is 3.15. The molecule has 0 aliphatic rings. The highest BCUT2D eigenvalue weighted by Crippen LogP contribution is 2.24. The van der Waals surface area contributed by atoms with E-state index in [4.69, 9.17) is 17.3 Å². The lowest BCUT2D eigenvalue weighted by Crippen LogP contribution is -2.19. The Morgan fingerprint density at radius 3 is 2.52 bits per heavy atom. The highest BCUT2D eigenvalue weighted by molar-refractivity contribution is 9.10. The zero-order valence-corrected chi connectivity index (χ0v) is 14.0. The topological polar surface area (TPSA) is 72.2 Å². The number of halogens is 2. The summed E-state index contributed by atoms with van der Waals surface area (Å²) in [6, 6.07) is 11.6. The average Bonchev–Trinajstić information content (AvgIpc) is 2.42. The Bertz CT molecular complexity index is 692. The van der Waals surface area contributed by atoms with Crippen LogP contribution in [0, 0.1) is 0 Å². The molecule has 0 bridgehead atoms. The van der Waals surface area contributed by atoms with Gasteiger partial charge in [0.1, 0.15) is 5.75 Å². The molecular weight excluding hydrogens is 376 g/mol. The lowest BCUT2D eigenvalue weighted by atomic mass is 10.3. The summed E-state index contributed by atoms with van der Waals surface area (Å²) in [7, 11) is -1.42. The minimum atomic E-state index is -1.42. The molecule has 1 atom stereocenters. The van der Waals surface area contributed by atoms with Gasteiger partial charge >= 0.3 is 0 Å². The summed E-state index contributed by atoms with van der Waals surface area (Å²) in [5.41, 5.74) is 6.80. The van der Waals surface area contributed by atoms with E-state index in [1.54, 1.807) is 42.5 Å². The zero-order valence-electron chi connectivity index (χ0n) is 10.8. The van der Waals surface area contributed by atoms with E-state index in [2.05, 4.69) is 21.2 Å². The minimum Gasteiger partial charge on any atom is -0.399 e. The van der Waals surface area contributed by atoms with Gasteiger partial charge in [-0.25, -0.2) is 0 Å². The maximum atomic E-state index is 12.1. The lowest BCUT2D eigenvalue weighted by Gasteiger charge is -2.08. The molecule has 0 saturated carbocycles. The molecule has 2 aromatic carbocycles. The van der Waals surface area contributed by atoms with Crippen LogP contribution in [0.5, 0.6) is 0 Å². The third-order valence-corrected chi connectivity index (χ3v) is 4.84. The average molecular weight is 388 g/mol. The van der Waals surface area contributed by atoms with Crippen LogP contribution in [0.1, 0.15) is 0 Å². The molecule has 3 N–H and O–H groups in total. The summed E-state index contributed by atoms with van der Waals surface area (Å²) in [6.45, 7) is 0. The molecule has 2 rings (SSSR count). The van der Waals surface area contributed by atoms with E-state index >= 15 is 0 Å². The summed E-state index contributed by atoms with van der Waals surface area (Å²) in [4.78, 5) is 12.5. The van der Waals surface area contributed by atoms with E-state index in [-0.39, 0.29) is 11.7 Å². The van der Waals surface area contributed by atoms with Crippen LogP contribution < -0.4 is 11.1 Å². The number of nitrogen functional groups attached to an aromatic ring is 1. The minimum absolute atomic E-state index is 0.127. The summed E-state index contributed by atoms with van der Waals surface area (Å²) < 4.78 is 12.7. The van der Waals surface area contributed by atoms with Crippen LogP contribution in [0.25, 0.3) is 0 Å². The number of hydrogen-bond donors (Lipinski definition) is 2. The van der Waals surface area contributed by atoms with Crippen LogP contribution in [0.3, 0.4) is 0 Å². The van der Waals surface area contributed by atoms with Crippen molar-refractivity contribution < 1.29 is 9.00 Å². The van der Waals surface area contributed by atoms with Gasteiger partial charge < -0.3 is 11.1 Å². The third kappa shape index (κ3) is 4.56. The Balaban J connectivity index is 2.01. The van der Waals surface area contributed by atoms with Crippen LogP contribution in [0.2, 0.25) is 5.02 Å². The number of carbonyl (C=O) groups is 1. The van der Waals surface area contributed by atoms with E-state index in [0.717, 1.165) is 0 Å². The summed E-state index contributed by atoms with van der Waals surface area (Å²) in [5.74, 6) is -0.466. The van der Waals surface area contributed by atoms with Crippen LogP contribution in [-0.2, 0) is 15.6 Å². The van der Waals surface area contributed by atoms with Crippen molar-refractivity contribution in [2.45, 2.75) is 4.90 Å². The van der Waals surface area contributed by atoms with Gasteiger partial charge in [-0.15, -0.1) is 0 Å². The fraction of sp³-hybridized carbons (Fsp3) is 0.0714. The molecule has 0 spiro atoms. The molecule has 0 heterocycles. The third-order valence-electron chi connectivity index (χ3n) is 2.61.